The van der Waals surface area contributed by atoms with Gasteiger partial charge in [0.1, 0.15) is 17.2 Å². The zero-order valence-electron chi connectivity index (χ0n) is 17.1. The molecule has 1 aromatic carbocycles. The number of hydrogen-bond acceptors (Lipinski definition) is 4. The van der Waals surface area contributed by atoms with Crippen molar-refractivity contribution in [3.63, 3.8) is 0 Å². The maximum Gasteiger partial charge on any atom is 0.207 e. The van der Waals surface area contributed by atoms with Crippen LogP contribution in [0, 0.1) is 10.8 Å². The van der Waals surface area contributed by atoms with Gasteiger partial charge in [-0.2, -0.15) is 0 Å². The molecule has 2 rings (SSSR count). The van der Waals surface area contributed by atoms with Gasteiger partial charge in [-0.15, -0.1) is 0 Å². The highest BCUT2D eigenvalue weighted by atomic mass is 16.5. The topological polar surface area (TPSA) is 47.9 Å². The minimum atomic E-state index is -0.255. The lowest BCUT2D eigenvalue weighted by molar-refractivity contribution is -0.110. The Morgan fingerprint density at radius 1 is 0.808 bits per heavy atom. The molecule has 4 nitrogen and oxygen atoms in total. The van der Waals surface area contributed by atoms with Gasteiger partial charge in [0, 0.05) is 23.8 Å². The molecule has 0 N–H and O–H groups in total. The number of methoxy groups -OCH3 is 2. The fraction of sp³-hybridized carbons (Fsp3) is 0.455. The maximum absolute atomic E-state index is 13.1. The third kappa shape index (κ3) is 4.43. The molecule has 1 aliphatic rings. The van der Waals surface area contributed by atoms with Crippen LogP contribution in [-0.2, 0) is 4.79 Å². The van der Waals surface area contributed by atoms with Gasteiger partial charge in [0.05, 0.1) is 19.9 Å². The van der Waals surface area contributed by atoms with Gasteiger partial charge in [0.15, 0.2) is 0 Å². The van der Waals surface area contributed by atoms with Crippen molar-refractivity contribution in [2.75, 3.05) is 14.2 Å². The van der Waals surface area contributed by atoms with E-state index in [4.69, 9.17) is 9.47 Å². The molecular formula is C22H29NO3. The lowest BCUT2D eigenvalue weighted by Gasteiger charge is -2.30. The number of rotatable bonds is 3. The summed E-state index contributed by atoms with van der Waals surface area (Å²) in [6.07, 6.45) is 3.91. The fourth-order valence-corrected chi connectivity index (χ4v) is 2.68. The van der Waals surface area contributed by atoms with Gasteiger partial charge < -0.3 is 9.47 Å². The van der Waals surface area contributed by atoms with E-state index in [0.717, 1.165) is 11.1 Å². The normalized spacial score (nSPS) is 17.1. The molecule has 0 spiro atoms. The monoisotopic (exact) mass is 355 g/mol. The van der Waals surface area contributed by atoms with Crippen molar-refractivity contribution in [1.29, 1.82) is 0 Å². The van der Waals surface area contributed by atoms with E-state index in [9.17, 15) is 4.79 Å². The van der Waals surface area contributed by atoms with Gasteiger partial charge in [-0.3, -0.25) is 4.79 Å². The van der Waals surface area contributed by atoms with Crippen LogP contribution >= 0.6 is 0 Å². The first-order chi connectivity index (χ1) is 12.0. The van der Waals surface area contributed by atoms with Crippen LogP contribution in [0.4, 0.5) is 5.69 Å². The number of carbonyl (C=O) groups excluding carboxylic acids is 1. The van der Waals surface area contributed by atoms with E-state index in [1.807, 2.05) is 12.2 Å². The van der Waals surface area contributed by atoms with Crippen LogP contribution < -0.4 is 9.47 Å². The van der Waals surface area contributed by atoms with E-state index < -0.39 is 0 Å². The molecule has 0 radical (unpaired) electrons. The summed E-state index contributed by atoms with van der Waals surface area (Å²) < 4.78 is 10.6. The van der Waals surface area contributed by atoms with E-state index >= 15 is 0 Å². The highest BCUT2D eigenvalue weighted by molar-refractivity contribution is 6.51. The Hall–Kier alpha value is -2.36. The van der Waals surface area contributed by atoms with E-state index in [-0.39, 0.29) is 16.6 Å². The Morgan fingerprint density at radius 2 is 1.35 bits per heavy atom. The van der Waals surface area contributed by atoms with E-state index in [1.165, 1.54) is 0 Å². The summed E-state index contributed by atoms with van der Waals surface area (Å²) in [5, 5.41) is 0. The minimum absolute atomic E-state index is 0.0349. The standard InChI is InChI=1S/C22H29NO3/c1-21(2,3)14-9-18(22(4,5)6)20(24)19(10-14)23-15-11-16(25-7)13-17(12-15)26-8/h9-13H,1-8H3. The molecule has 0 fully saturated rings. The Labute approximate surface area is 156 Å². The molecule has 0 aliphatic heterocycles. The summed E-state index contributed by atoms with van der Waals surface area (Å²) in [6.45, 7) is 12.6. The predicted molar refractivity (Wildman–Crippen MR) is 107 cm³/mol. The maximum atomic E-state index is 13.1. The van der Waals surface area contributed by atoms with Crippen molar-refractivity contribution in [2.24, 2.45) is 15.8 Å². The van der Waals surface area contributed by atoms with Crippen molar-refractivity contribution in [1.82, 2.24) is 0 Å². The number of aliphatic imine (C=N–C) groups is 1. The summed E-state index contributed by atoms with van der Waals surface area (Å²) in [4.78, 5) is 17.7. The van der Waals surface area contributed by atoms with E-state index in [0.29, 0.717) is 22.9 Å². The van der Waals surface area contributed by atoms with Gasteiger partial charge in [-0.25, -0.2) is 4.99 Å². The molecule has 0 atom stereocenters. The number of Topliss-reactive ketones (excluding diaryl/α,β-unsaturated/α-hetero) is 1. The molecule has 1 aromatic rings. The van der Waals surface area contributed by atoms with Crippen LogP contribution in [0.1, 0.15) is 41.5 Å². The molecule has 0 unspecified atom stereocenters. The first-order valence-corrected chi connectivity index (χ1v) is 8.76. The van der Waals surface area contributed by atoms with Crippen LogP contribution in [0.3, 0.4) is 0 Å². The molecule has 0 heterocycles. The van der Waals surface area contributed by atoms with Crippen LogP contribution in [0.25, 0.3) is 0 Å². The van der Waals surface area contributed by atoms with Gasteiger partial charge in [0.2, 0.25) is 5.78 Å². The van der Waals surface area contributed by atoms with Crippen molar-refractivity contribution < 1.29 is 14.3 Å². The van der Waals surface area contributed by atoms with E-state index in [2.05, 4.69) is 46.5 Å². The first kappa shape index (κ1) is 20.0. The number of nitrogens with zero attached hydrogens (tertiary/aromatic N) is 1. The minimum Gasteiger partial charge on any atom is -0.497 e. The number of benzene rings is 1. The largest absolute Gasteiger partial charge is 0.497 e. The van der Waals surface area contributed by atoms with Crippen molar-refractivity contribution in [2.45, 2.75) is 41.5 Å². The van der Waals surface area contributed by atoms with Crippen LogP contribution in [0.15, 0.2) is 46.5 Å². The van der Waals surface area contributed by atoms with Gasteiger partial charge in [-0.05, 0) is 22.5 Å². The zero-order valence-corrected chi connectivity index (χ0v) is 17.1. The van der Waals surface area contributed by atoms with Crippen molar-refractivity contribution in [3.05, 3.63) is 41.5 Å². The fourth-order valence-electron chi connectivity index (χ4n) is 2.68. The molecule has 0 bridgehead atoms. The summed E-state index contributed by atoms with van der Waals surface area (Å²) in [5.41, 5.74) is 2.61. The molecule has 0 saturated carbocycles. The summed E-state index contributed by atoms with van der Waals surface area (Å²) >= 11 is 0. The smallest absolute Gasteiger partial charge is 0.207 e. The highest BCUT2D eigenvalue weighted by Crippen LogP contribution is 2.37. The Kier molecular flexibility index (Phi) is 5.45. The molecular weight excluding hydrogens is 326 g/mol. The summed E-state index contributed by atoms with van der Waals surface area (Å²) in [6, 6.07) is 5.37. The van der Waals surface area contributed by atoms with E-state index in [1.54, 1.807) is 32.4 Å². The Bertz CT molecular complexity index is 777. The van der Waals surface area contributed by atoms with Crippen LogP contribution in [0.2, 0.25) is 0 Å². The molecule has 140 valence electrons. The Balaban J connectivity index is 2.61. The molecule has 0 saturated heterocycles. The number of allylic oxidation sites excluding steroid dienone is 4. The van der Waals surface area contributed by atoms with Crippen molar-refractivity contribution in [3.8, 4) is 11.5 Å². The third-order valence-corrected chi connectivity index (χ3v) is 4.33. The van der Waals surface area contributed by atoms with Crippen molar-refractivity contribution >= 4 is 17.2 Å². The highest BCUT2D eigenvalue weighted by Gasteiger charge is 2.32. The second-order valence-electron chi connectivity index (χ2n) is 8.55. The number of ketones is 1. The van der Waals surface area contributed by atoms with Crippen LogP contribution in [-0.4, -0.2) is 25.7 Å². The lowest BCUT2D eigenvalue weighted by atomic mass is 9.74. The second kappa shape index (κ2) is 7.10. The van der Waals surface area contributed by atoms with Crippen LogP contribution in [0.5, 0.6) is 11.5 Å². The molecule has 26 heavy (non-hydrogen) atoms. The SMILES string of the molecule is COc1cc(N=C2C=C(C(C)(C)C)C=C(C(C)(C)C)C2=O)cc(OC)c1. The van der Waals surface area contributed by atoms with Gasteiger partial charge in [-0.1, -0.05) is 47.6 Å². The predicted octanol–water partition coefficient (Wildman–Crippen LogP) is 5.30. The third-order valence-electron chi connectivity index (χ3n) is 4.33. The average molecular weight is 355 g/mol. The summed E-state index contributed by atoms with van der Waals surface area (Å²) in [7, 11) is 3.19. The average Bonchev–Trinajstić information content (AvgIpc) is 2.54. The molecule has 0 aromatic heterocycles. The van der Waals surface area contributed by atoms with Gasteiger partial charge in [0.25, 0.3) is 0 Å². The number of ether oxygens (including phenoxy) is 2. The quantitative estimate of drug-likeness (QED) is 0.691. The molecule has 4 heteroatoms. The summed E-state index contributed by atoms with van der Waals surface area (Å²) in [5.74, 6) is 1.24. The lowest BCUT2D eigenvalue weighted by Crippen LogP contribution is -2.29. The van der Waals surface area contributed by atoms with Gasteiger partial charge >= 0.3 is 0 Å². The molecule has 1 aliphatic carbocycles. The first-order valence-electron chi connectivity index (χ1n) is 8.76. The molecule has 0 amide bonds. The number of carbonyl (C=O) groups is 1. The second-order valence-corrected chi connectivity index (χ2v) is 8.55. The Morgan fingerprint density at radius 3 is 1.77 bits per heavy atom. The zero-order chi connectivity index (χ0) is 19.7. The number of hydrogen-bond donors (Lipinski definition) is 0.